The number of H-pyrrole nitrogens is 1. The highest BCUT2D eigenvalue weighted by Crippen LogP contribution is 2.40. The monoisotopic (exact) mass is 489 g/mol. The summed E-state index contributed by atoms with van der Waals surface area (Å²) in [5, 5.41) is 2.31. The fourth-order valence-corrected chi connectivity index (χ4v) is 3.91. The number of halogens is 3. The Morgan fingerprint density at radius 3 is 2.56 bits per heavy atom. The largest absolute Gasteiger partial charge is 0.458 e. The number of nitrogens with one attached hydrogen (secondary N) is 2. The summed E-state index contributed by atoms with van der Waals surface area (Å²) < 4.78 is 53.0. The highest BCUT2D eigenvalue weighted by Gasteiger charge is 2.50. The lowest BCUT2D eigenvalue weighted by Crippen LogP contribution is -2.34. The molecule has 2 N–H and O–H groups in total. The van der Waals surface area contributed by atoms with E-state index in [0.717, 1.165) is 23.0 Å². The number of unbranched alkanes of at least 4 members (excludes halogenated alkanes) is 1. The molecule has 2 aromatic rings. The van der Waals surface area contributed by atoms with Gasteiger partial charge in [0.1, 0.15) is 6.10 Å². The second-order valence-electron chi connectivity index (χ2n) is 8.20. The third-order valence-corrected chi connectivity index (χ3v) is 5.58. The molecule has 1 aliphatic heterocycles. The van der Waals surface area contributed by atoms with E-state index in [1.807, 2.05) is 6.92 Å². The summed E-state index contributed by atoms with van der Waals surface area (Å²) in [6.45, 7) is 5.22. The fraction of sp³-hybridized carbons (Fsp3) is 0.650. The third-order valence-electron chi connectivity index (χ3n) is 5.58. The SMILES string of the molecule is CCCCn1c(=O)n([C@@H]2O[C@H]([C@@H](C)C(F)(F)F)C[C@H]2OC(C)=O)c2nc(NC(C)=O)[nH]c(=O)c21. The number of aromatic nitrogens is 4. The maximum atomic E-state index is 13.4. The number of aryl methyl sites for hydroxylation is 1. The van der Waals surface area contributed by atoms with Gasteiger partial charge in [0.15, 0.2) is 17.4 Å². The van der Waals surface area contributed by atoms with Crippen molar-refractivity contribution in [3.8, 4) is 0 Å². The lowest BCUT2D eigenvalue weighted by atomic mass is 10.0. The van der Waals surface area contributed by atoms with Gasteiger partial charge in [-0.05, 0) is 6.42 Å². The molecule has 3 heterocycles. The van der Waals surface area contributed by atoms with Crippen LogP contribution in [0.2, 0.25) is 0 Å². The lowest BCUT2D eigenvalue weighted by molar-refractivity contribution is -0.203. The molecule has 0 unspecified atom stereocenters. The number of carbonyl (C=O) groups excluding carboxylic acids is 2. The Morgan fingerprint density at radius 1 is 1.32 bits per heavy atom. The van der Waals surface area contributed by atoms with E-state index in [4.69, 9.17) is 9.47 Å². The van der Waals surface area contributed by atoms with Gasteiger partial charge in [0.2, 0.25) is 11.9 Å². The number of amides is 1. The number of hydrogen-bond acceptors (Lipinski definition) is 7. The van der Waals surface area contributed by atoms with Crippen LogP contribution in [0.3, 0.4) is 0 Å². The van der Waals surface area contributed by atoms with Gasteiger partial charge in [-0.3, -0.25) is 29.3 Å². The zero-order valence-electron chi connectivity index (χ0n) is 19.1. The zero-order valence-corrected chi connectivity index (χ0v) is 19.1. The number of alkyl halides is 3. The minimum Gasteiger partial charge on any atom is -0.458 e. The van der Waals surface area contributed by atoms with Crippen molar-refractivity contribution in [2.45, 2.75) is 78.1 Å². The first-order valence-corrected chi connectivity index (χ1v) is 10.8. The average molecular weight is 489 g/mol. The number of aromatic amines is 1. The predicted octanol–water partition coefficient (Wildman–Crippen LogP) is 2.06. The molecule has 0 radical (unpaired) electrons. The van der Waals surface area contributed by atoms with Gasteiger partial charge in [0, 0.05) is 26.8 Å². The zero-order chi connectivity index (χ0) is 25.4. The van der Waals surface area contributed by atoms with Gasteiger partial charge >= 0.3 is 17.8 Å². The van der Waals surface area contributed by atoms with Crippen molar-refractivity contribution in [3.63, 3.8) is 0 Å². The Balaban J connectivity index is 2.21. The van der Waals surface area contributed by atoms with E-state index >= 15 is 0 Å². The van der Waals surface area contributed by atoms with E-state index in [1.165, 1.54) is 6.92 Å². The minimum absolute atomic E-state index is 0.134. The number of fused-ring (bicyclic) bond motifs is 1. The number of carbonyl (C=O) groups is 2. The van der Waals surface area contributed by atoms with E-state index in [0.29, 0.717) is 12.8 Å². The summed E-state index contributed by atoms with van der Waals surface area (Å²) in [6.07, 6.45) is -7.80. The average Bonchev–Trinajstić information content (AvgIpc) is 3.22. The Labute approximate surface area is 191 Å². The molecule has 188 valence electrons. The van der Waals surface area contributed by atoms with Crippen LogP contribution in [-0.4, -0.2) is 49.4 Å². The van der Waals surface area contributed by atoms with E-state index in [2.05, 4.69) is 15.3 Å². The van der Waals surface area contributed by atoms with Crippen LogP contribution >= 0.6 is 0 Å². The van der Waals surface area contributed by atoms with Crippen molar-refractivity contribution >= 4 is 29.0 Å². The molecule has 2 aromatic heterocycles. The minimum atomic E-state index is -4.59. The molecule has 0 saturated carbocycles. The first-order chi connectivity index (χ1) is 15.8. The summed E-state index contributed by atoms with van der Waals surface area (Å²) in [4.78, 5) is 55.8. The fourth-order valence-electron chi connectivity index (χ4n) is 3.91. The van der Waals surface area contributed by atoms with Crippen LogP contribution < -0.4 is 16.6 Å². The predicted molar refractivity (Wildman–Crippen MR) is 113 cm³/mol. The number of ether oxygens (including phenoxy) is 2. The molecule has 3 rings (SSSR count). The number of nitrogens with zero attached hydrogens (tertiary/aromatic N) is 3. The summed E-state index contributed by atoms with van der Waals surface area (Å²) in [6, 6.07) is 0. The Bertz CT molecular complexity index is 1200. The second kappa shape index (κ2) is 9.60. The molecule has 1 fully saturated rings. The van der Waals surface area contributed by atoms with Crippen LogP contribution in [0.1, 0.15) is 53.2 Å². The van der Waals surface area contributed by atoms with Gasteiger partial charge in [-0.25, -0.2) is 9.36 Å². The maximum absolute atomic E-state index is 13.4. The first-order valence-electron chi connectivity index (χ1n) is 10.8. The molecule has 11 nitrogen and oxygen atoms in total. The Kier molecular flexibility index (Phi) is 7.19. The van der Waals surface area contributed by atoms with Crippen LogP contribution in [0.5, 0.6) is 0 Å². The van der Waals surface area contributed by atoms with Crippen LogP contribution in [0, 0.1) is 5.92 Å². The van der Waals surface area contributed by atoms with Crippen molar-refractivity contribution in [2.75, 3.05) is 5.32 Å². The number of rotatable bonds is 7. The van der Waals surface area contributed by atoms with Gasteiger partial charge in [-0.2, -0.15) is 18.2 Å². The summed E-state index contributed by atoms with van der Waals surface area (Å²) in [5.41, 5.74) is -1.84. The summed E-state index contributed by atoms with van der Waals surface area (Å²) in [7, 11) is 0. The molecular formula is C20H26F3N5O6. The third kappa shape index (κ3) is 5.00. The van der Waals surface area contributed by atoms with Crippen LogP contribution in [0.15, 0.2) is 9.59 Å². The summed E-state index contributed by atoms with van der Waals surface area (Å²) >= 11 is 0. The Morgan fingerprint density at radius 2 is 2.00 bits per heavy atom. The smallest absolute Gasteiger partial charge is 0.394 e. The summed E-state index contributed by atoms with van der Waals surface area (Å²) in [5.74, 6) is -3.48. The maximum Gasteiger partial charge on any atom is 0.394 e. The molecule has 0 aromatic carbocycles. The van der Waals surface area contributed by atoms with Crippen molar-refractivity contribution in [1.82, 2.24) is 19.1 Å². The molecule has 4 atom stereocenters. The van der Waals surface area contributed by atoms with E-state index < -0.39 is 53.7 Å². The lowest BCUT2D eigenvalue weighted by Gasteiger charge is -2.22. The Hall–Kier alpha value is -3.16. The van der Waals surface area contributed by atoms with Gasteiger partial charge in [0.25, 0.3) is 5.56 Å². The van der Waals surface area contributed by atoms with Gasteiger partial charge in [0.05, 0.1) is 12.0 Å². The number of imidazole rings is 1. The number of hydrogen-bond donors (Lipinski definition) is 2. The van der Waals surface area contributed by atoms with Crippen molar-refractivity contribution in [1.29, 1.82) is 0 Å². The first kappa shape index (κ1) is 25.5. The van der Waals surface area contributed by atoms with E-state index in [1.54, 1.807) is 0 Å². The quantitative estimate of drug-likeness (QED) is 0.568. The molecule has 0 spiro atoms. The van der Waals surface area contributed by atoms with Crippen molar-refractivity contribution in [2.24, 2.45) is 5.92 Å². The van der Waals surface area contributed by atoms with E-state index in [-0.39, 0.29) is 30.1 Å². The standard InChI is InChI=1S/C20H26F3N5O6/c1-5-6-7-27-14-15(25-18(24-10(3)29)26-16(14)31)28(19(27)32)17-13(33-11(4)30)8-12(34-17)9(2)20(21,22)23/h9,12-13,17H,5-8H2,1-4H3,(H2,24,25,26,29,31)/t9-,12+,13-,17-/m1/s1. The molecule has 1 aliphatic rings. The molecule has 0 bridgehead atoms. The van der Waals surface area contributed by atoms with Gasteiger partial charge in [-0.1, -0.05) is 20.3 Å². The molecule has 34 heavy (non-hydrogen) atoms. The van der Waals surface area contributed by atoms with Crippen LogP contribution in [0.4, 0.5) is 19.1 Å². The van der Waals surface area contributed by atoms with Crippen molar-refractivity contribution < 1.29 is 32.2 Å². The van der Waals surface area contributed by atoms with Gasteiger partial charge < -0.3 is 9.47 Å². The molecule has 1 saturated heterocycles. The van der Waals surface area contributed by atoms with Crippen LogP contribution in [-0.2, 0) is 25.6 Å². The molecule has 0 aliphatic carbocycles. The number of esters is 1. The second-order valence-corrected chi connectivity index (χ2v) is 8.20. The van der Waals surface area contributed by atoms with Crippen molar-refractivity contribution in [3.05, 3.63) is 20.8 Å². The molecule has 14 heteroatoms. The number of anilines is 1. The van der Waals surface area contributed by atoms with Crippen LogP contribution in [0.25, 0.3) is 11.2 Å². The highest BCUT2D eigenvalue weighted by molar-refractivity contribution is 5.87. The highest BCUT2D eigenvalue weighted by atomic mass is 19.4. The molecule has 1 amide bonds. The molecular weight excluding hydrogens is 463 g/mol. The normalized spacial score (nSPS) is 21.6. The topological polar surface area (TPSA) is 137 Å². The van der Waals surface area contributed by atoms with Gasteiger partial charge in [-0.15, -0.1) is 0 Å². The van der Waals surface area contributed by atoms with E-state index in [9.17, 15) is 32.3 Å².